The van der Waals surface area contributed by atoms with Crippen LogP contribution < -0.4 is 0 Å². The Hall–Kier alpha value is -2.17. The number of esters is 1. The van der Waals surface area contributed by atoms with Gasteiger partial charge in [0.1, 0.15) is 0 Å². The zero-order valence-corrected chi connectivity index (χ0v) is 14.0. The van der Waals surface area contributed by atoms with E-state index in [2.05, 4.69) is 29.2 Å². The van der Waals surface area contributed by atoms with E-state index in [1.54, 1.807) is 0 Å². The lowest BCUT2D eigenvalue weighted by atomic mass is 10.0. The second-order valence-corrected chi connectivity index (χ2v) is 6.07. The van der Waals surface area contributed by atoms with E-state index >= 15 is 0 Å². The smallest absolute Gasteiger partial charge is 0.337 e. The largest absolute Gasteiger partial charge is 0.465 e. The first kappa shape index (κ1) is 16.7. The Morgan fingerprint density at radius 3 is 2.08 bits per heavy atom. The Balaban J connectivity index is 1.58. The van der Waals surface area contributed by atoms with Gasteiger partial charge in [0, 0.05) is 19.6 Å². The fourth-order valence-corrected chi connectivity index (χ4v) is 2.89. The second kappa shape index (κ2) is 8.08. The van der Waals surface area contributed by atoms with Crippen LogP contribution in [0, 0.1) is 0 Å². The van der Waals surface area contributed by atoms with Crippen LogP contribution in [0.3, 0.4) is 0 Å². The van der Waals surface area contributed by atoms with E-state index < -0.39 is 0 Å². The molecule has 2 aromatic carbocycles. The van der Waals surface area contributed by atoms with Crippen molar-refractivity contribution in [3.63, 3.8) is 0 Å². The first-order chi connectivity index (χ1) is 11.7. The van der Waals surface area contributed by atoms with E-state index in [0.29, 0.717) is 5.56 Å². The summed E-state index contributed by atoms with van der Waals surface area (Å²) in [6.07, 6.45) is 0.860. The van der Waals surface area contributed by atoms with Crippen LogP contribution in [0.4, 0.5) is 0 Å². The minimum absolute atomic E-state index is 0.297. The summed E-state index contributed by atoms with van der Waals surface area (Å²) in [5.41, 5.74) is 4.37. The number of ether oxygens (including phenoxy) is 2. The molecule has 0 amide bonds. The van der Waals surface area contributed by atoms with Crippen LogP contribution in [-0.4, -0.2) is 44.3 Å². The van der Waals surface area contributed by atoms with Gasteiger partial charge in [-0.05, 0) is 35.2 Å². The van der Waals surface area contributed by atoms with Crippen LogP contribution in [0.2, 0.25) is 0 Å². The molecule has 0 saturated carbocycles. The normalized spacial score (nSPS) is 15.2. The SMILES string of the molecule is COC(=O)c1ccc(Cc2ccc(CN3CCOCC3)cc2)cc1. The van der Waals surface area contributed by atoms with Crippen molar-refractivity contribution in [1.29, 1.82) is 0 Å². The number of rotatable bonds is 5. The summed E-state index contributed by atoms with van der Waals surface area (Å²) in [5.74, 6) is -0.297. The molecule has 3 rings (SSSR count). The molecule has 0 atom stereocenters. The maximum Gasteiger partial charge on any atom is 0.337 e. The molecule has 0 N–H and O–H groups in total. The van der Waals surface area contributed by atoms with Gasteiger partial charge >= 0.3 is 5.97 Å². The third kappa shape index (κ3) is 4.43. The van der Waals surface area contributed by atoms with Crippen LogP contribution in [0.5, 0.6) is 0 Å². The molecule has 1 heterocycles. The molecule has 24 heavy (non-hydrogen) atoms. The van der Waals surface area contributed by atoms with Crippen molar-refractivity contribution >= 4 is 5.97 Å². The number of benzene rings is 2. The molecule has 0 aromatic heterocycles. The van der Waals surface area contributed by atoms with Crippen molar-refractivity contribution in [2.75, 3.05) is 33.4 Å². The van der Waals surface area contributed by atoms with Gasteiger partial charge in [-0.1, -0.05) is 36.4 Å². The third-order valence-corrected chi connectivity index (χ3v) is 4.32. The molecule has 1 saturated heterocycles. The maximum absolute atomic E-state index is 11.5. The van der Waals surface area contributed by atoms with Gasteiger partial charge in [0.15, 0.2) is 0 Å². The average molecular weight is 325 g/mol. The molecule has 0 radical (unpaired) electrons. The zero-order chi connectivity index (χ0) is 16.8. The molecular formula is C20H23NO3. The van der Waals surface area contributed by atoms with Crippen molar-refractivity contribution in [2.24, 2.45) is 0 Å². The molecule has 126 valence electrons. The van der Waals surface area contributed by atoms with E-state index in [4.69, 9.17) is 9.47 Å². The van der Waals surface area contributed by atoms with Crippen molar-refractivity contribution < 1.29 is 14.3 Å². The maximum atomic E-state index is 11.5. The van der Waals surface area contributed by atoms with E-state index in [1.807, 2.05) is 24.3 Å². The monoisotopic (exact) mass is 325 g/mol. The van der Waals surface area contributed by atoms with Crippen molar-refractivity contribution in [1.82, 2.24) is 4.90 Å². The van der Waals surface area contributed by atoms with Gasteiger partial charge < -0.3 is 9.47 Å². The number of carbonyl (C=O) groups excluding carboxylic acids is 1. The summed E-state index contributed by atoms with van der Waals surface area (Å²) >= 11 is 0. The fraction of sp³-hybridized carbons (Fsp3) is 0.350. The van der Waals surface area contributed by atoms with Gasteiger partial charge in [-0.3, -0.25) is 4.90 Å². The van der Waals surface area contributed by atoms with Gasteiger partial charge in [-0.15, -0.1) is 0 Å². The van der Waals surface area contributed by atoms with Crippen LogP contribution in [-0.2, 0) is 22.4 Å². The highest BCUT2D eigenvalue weighted by molar-refractivity contribution is 5.89. The highest BCUT2D eigenvalue weighted by Crippen LogP contribution is 2.14. The second-order valence-electron chi connectivity index (χ2n) is 6.07. The Bertz CT molecular complexity index is 658. The lowest BCUT2D eigenvalue weighted by molar-refractivity contribution is 0.0342. The number of nitrogens with zero attached hydrogens (tertiary/aromatic N) is 1. The Morgan fingerprint density at radius 2 is 1.50 bits per heavy atom. The van der Waals surface area contributed by atoms with E-state index in [1.165, 1.54) is 23.8 Å². The van der Waals surface area contributed by atoms with Gasteiger partial charge in [0.25, 0.3) is 0 Å². The van der Waals surface area contributed by atoms with E-state index in [9.17, 15) is 4.79 Å². The fourth-order valence-electron chi connectivity index (χ4n) is 2.89. The molecule has 0 spiro atoms. The first-order valence-corrected chi connectivity index (χ1v) is 8.30. The van der Waals surface area contributed by atoms with Gasteiger partial charge in [-0.2, -0.15) is 0 Å². The molecule has 1 fully saturated rings. The molecule has 4 heteroatoms. The van der Waals surface area contributed by atoms with Crippen LogP contribution in [0.1, 0.15) is 27.0 Å². The van der Waals surface area contributed by atoms with E-state index in [0.717, 1.165) is 39.3 Å². The summed E-state index contributed by atoms with van der Waals surface area (Å²) in [6, 6.07) is 16.4. The minimum Gasteiger partial charge on any atom is -0.465 e. The minimum atomic E-state index is -0.297. The van der Waals surface area contributed by atoms with Crippen molar-refractivity contribution in [3.05, 3.63) is 70.8 Å². The number of methoxy groups -OCH3 is 1. The van der Waals surface area contributed by atoms with E-state index in [-0.39, 0.29) is 5.97 Å². The van der Waals surface area contributed by atoms with Gasteiger partial charge in [-0.25, -0.2) is 4.79 Å². The van der Waals surface area contributed by atoms with Crippen molar-refractivity contribution in [3.8, 4) is 0 Å². The Morgan fingerprint density at radius 1 is 0.958 bits per heavy atom. The lowest BCUT2D eigenvalue weighted by Gasteiger charge is -2.26. The summed E-state index contributed by atoms with van der Waals surface area (Å²) in [7, 11) is 1.40. The van der Waals surface area contributed by atoms with Crippen LogP contribution in [0.25, 0.3) is 0 Å². The van der Waals surface area contributed by atoms with Gasteiger partial charge in [0.05, 0.1) is 25.9 Å². The molecule has 0 bridgehead atoms. The molecule has 2 aromatic rings. The predicted molar refractivity (Wildman–Crippen MR) is 93.1 cm³/mol. The first-order valence-electron chi connectivity index (χ1n) is 8.30. The van der Waals surface area contributed by atoms with Crippen LogP contribution in [0.15, 0.2) is 48.5 Å². The number of hydrogen-bond acceptors (Lipinski definition) is 4. The number of hydrogen-bond donors (Lipinski definition) is 0. The summed E-state index contributed by atoms with van der Waals surface area (Å²) in [6.45, 7) is 4.67. The Labute approximate surface area is 143 Å². The molecule has 0 unspecified atom stereocenters. The average Bonchev–Trinajstić information content (AvgIpc) is 2.64. The summed E-state index contributed by atoms with van der Waals surface area (Å²) in [4.78, 5) is 13.9. The van der Waals surface area contributed by atoms with Gasteiger partial charge in [0.2, 0.25) is 0 Å². The number of carbonyl (C=O) groups is 1. The molecule has 4 nitrogen and oxygen atoms in total. The van der Waals surface area contributed by atoms with Crippen LogP contribution >= 0.6 is 0 Å². The molecule has 0 aliphatic carbocycles. The lowest BCUT2D eigenvalue weighted by Crippen LogP contribution is -2.35. The zero-order valence-electron chi connectivity index (χ0n) is 14.0. The number of morpholine rings is 1. The highest BCUT2D eigenvalue weighted by atomic mass is 16.5. The molecule has 1 aliphatic heterocycles. The summed E-state index contributed by atoms with van der Waals surface area (Å²) < 4.78 is 10.1. The summed E-state index contributed by atoms with van der Waals surface area (Å²) in [5, 5.41) is 0. The molecular weight excluding hydrogens is 302 g/mol. The highest BCUT2D eigenvalue weighted by Gasteiger charge is 2.10. The molecule has 1 aliphatic rings. The van der Waals surface area contributed by atoms with Crippen molar-refractivity contribution in [2.45, 2.75) is 13.0 Å². The Kier molecular flexibility index (Phi) is 5.62. The quantitative estimate of drug-likeness (QED) is 0.793. The third-order valence-electron chi connectivity index (χ3n) is 4.32. The standard InChI is InChI=1S/C20H23NO3/c1-23-20(22)19-8-6-17(7-9-19)14-16-2-4-18(5-3-16)15-21-10-12-24-13-11-21/h2-9H,10-15H2,1H3. The predicted octanol–water partition coefficient (Wildman–Crippen LogP) is 2.90. The topological polar surface area (TPSA) is 38.8 Å².